The minimum atomic E-state index is 0. The number of rotatable bonds is 1. The van der Waals surface area contributed by atoms with Crippen LogP contribution in [0.1, 0.15) is 44.9 Å². The molecule has 0 bridgehead atoms. The zero-order valence-electron chi connectivity index (χ0n) is 12.0. The summed E-state index contributed by atoms with van der Waals surface area (Å²) >= 11 is 0. The molecule has 1 heteroatoms. The minimum Gasteiger partial charge on any atom is -0.196 e. The Balaban J connectivity index is 0.00000133. The van der Waals surface area contributed by atoms with Crippen LogP contribution in [0.5, 0.6) is 0 Å². The first kappa shape index (κ1) is 14.4. The van der Waals surface area contributed by atoms with E-state index < -0.39 is 0 Å². The monoisotopic (exact) mass is 283 g/mol. The molecule has 0 saturated carbocycles. The summed E-state index contributed by atoms with van der Waals surface area (Å²) in [5.74, 6) is 0.452. The maximum atomic E-state index is 2.35. The van der Waals surface area contributed by atoms with Crippen molar-refractivity contribution in [1.29, 1.82) is 0 Å². The Kier molecular flexibility index (Phi) is 3.94. The van der Waals surface area contributed by atoms with Crippen LogP contribution in [0, 0.1) is 27.7 Å². The summed E-state index contributed by atoms with van der Waals surface area (Å²) in [6, 6.07) is 8.73. The molecular formula is C18H19Ti-. The van der Waals surface area contributed by atoms with Gasteiger partial charge in [-0.25, -0.2) is 0 Å². The van der Waals surface area contributed by atoms with Crippen molar-refractivity contribution in [3.63, 3.8) is 0 Å². The topological polar surface area (TPSA) is 0 Å². The Morgan fingerprint density at radius 1 is 0.895 bits per heavy atom. The first-order chi connectivity index (χ1) is 8.61. The van der Waals surface area contributed by atoms with E-state index in [1.165, 1.54) is 38.9 Å². The van der Waals surface area contributed by atoms with Gasteiger partial charge in [0.1, 0.15) is 0 Å². The molecule has 0 nitrogen and oxygen atoms in total. The van der Waals surface area contributed by atoms with Gasteiger partial charge in [0, 0.05) is 21.7 Å². The summed E-state index contributed by atoms with van der Waals surface area (Å²) in [7, 11) is 0. The molecule has 0 spiro atoms. The number of fused-ring (bicyclic) bond motifs is 1. The van der Waals surface area contributed by atoms with Crippen molar-refractivity contribution < 1.29 is 21.7 Å². The molecule has 0 radical (unpaired) electrons. The van der Waals surface area contributed by atoms with Gasteiger partial charge in [0.05, 0.1) is 0 Å². The first-order valence-electron chi connectivity index (χ1n) is 6.61. The minimum absolute atomic E-state index is 0. The second-order valence-corrected chi connectivity index (χ2v) is 5.38. The van der Waals surface area contributed by atoms with Crippen molar-refractivity contribution in [2.45, 2.75) is 33.6 Å². The molecule has 2 aromatic rings. The van der Waals surface area contributed by atoms with Gasteiger partial charge < -0.3 is 0 Å². The molecule has 0 heterocycles. The molecule has 2 aromatic carbocycles. The zero-order valence-corrected chi connectivity index (χ0v) is 13.6. The van der Waals surface area contributed by atoms with Crippen LogP contribution >= 0.6 is 0 Å². The fourth-order valence-electron chi connectivity index (χ4n) is 3.22. The van der Waals surface area contributed by atoms with Gasteiger partial charge in [0.2, 0.25) is 0 Å². The van der Waals surface area contributed by atoms with Crippen LogP contribution in [-0.2, 0) is 21.7 Å². The molecule has 1 aliphatic carbocycles. The third-order valence-electron chi connectivity index (χ3n) is 4.61. The summed E-state index contributed by atoms with van der Waals surface area (Å²) in [4.78, 5) is 0. The maximum Gasteiger partial charge on any atom is 0 e. The van der Waals surface area contributed by atoms with Gasteiger partial charge >= 0.3 is 0 Å². The third-order valence-corrected chi connectivity index (χ3v) is 4.61. The zero-order chi connectivity index (χ0) is 12.9. The SMILES string of the molecule is Cc1c(C)c(C)[c-](C2C=Cc3ccccc32)c1C.[Ti]. The predicted molar refractivity (Wildman–Crippen MR) is 78.3 cm³/mol. The molecule has 3 rings (SSSR count). The fourth-order valence-corrected chi connectivity index (χ4v) is 3.22. The van der Waals surface area contributed by atoms with E-state index in [2.05, 4.69) is 64.1 Å². The predicted octanol–water partition coefficient (Wildman–Crippen LogP) is 4.80. The molecule has 1 unspecified atom stereocenters. The van der Waals surface area contributed by atoms with Crippen LogP contribution in [0.3, 0.4) is 0 Å². The van der Waals surface area contributed by atoms with Gasteiger partial charge in [-0.05, 0) is 17.0 Å². The molecule has 0 aliphatic heterocycles. The van der Waals surface area contributed by atoms with E-state index >= 15 is 0 Å². The second kappa shape index (κ2) is 5.19. The molecule has 0 aromatic heterocycles. The normalized spacial score (nSPS) is 16.3. The van der Waals surface area contributed by atoms with Crippen LogP contribution in [-0.4, -0.2) is 0 Å². The van der Waals surface area contributed by atoms with Crippen LogP contribution in [0.15, 0.2) is 30.3 Å². The molecule has 0 N–H and O–H groups in total. The van der Waals surface area contributed by atoms with Crippen molar-refractivity contribution in [3.8, 4) is 0 Å². The van der Waals surface area contributed by atoms with Crippen LogP contribution in [0.2, 0.25) is 0 Å². The largest absolute Gasteiger partial charge is 0.196 e. The fraction of sp³-hybridized carbons (Fsp3) is 0.278. The Bertz CT molecular complexity index is 618. The quantitative estimate of drug-likeness (QED) is 0.521. The van der Waals surface area contributed by atoms with Crippen LogP contribution < -0.4 is 0 Å². The summed E-state index contributed by atoms with van der Waals surface area (Å²) in [5.41, 5.74) is 10.2. The number of hydrogen-bond acceptors (Lipinski definition) is 0. The smallest absolute Gasteiger partial charge is 0 e. The maximum absolute atomic E-state index is 2.35. The number of allylic oxidation sites excluding steroid dienone is 1. The van der Waals surface area contributed by atoms with Crippen LogP contribution in [0.4, 0.5) is 0 Å². The first-order valence-corrected chi connectivity index (χ1v) is 6.61. The molecule has 96 valence electrons. The Morgan fingerprint density at radius 3 is 2.11 bits per heavy atom. The van der Waals surface area contributed by atoms with Crippen molar-refractivity contribution in [2.75, 3.05) is 0 Å². The number of benzene rings is 1. The molecule has 0 saturated heterocycles. The van der Waals surface area contributed by atoms with Gasteiger partial charge in [0.15, 0.2) is 0 Å². The molecule has 0 fully saturated rings. The van der Waals surface area contributed by atoms with Crippen LogP contribution in [0.25, 0.3) is 6.08 Å². The summed E-state index contributed by atoms with van der Waals surface area (Å²) in [6.45, 7) is 9.01. The van der Waals surface area contributed by atoms with E-state index in [4.69, 9.17) is 0 Å². The van der Waals surface area contributed by atoms with E-state index in [0.29, 0.717) is 5.92 Å². The summed E-state index contributed by atoms with van der Waals surface area (Å²) < 4.78 is 0. The van der Waals surface area contributed by atoms with Crippen molar-refractivity contribution in [3.05, 3.63) is 69.3 Å². The van der Waals surface area contributed by atoms with E-state index in [0.717, 1.165) is 0 Å². The summed E-state index contributed by atoms with van der Waals surface area (Å²) in [6.07, 6.45) is 4.61. The van der Waals surface area contributed by atoms with Crippen molar-refractivity contribution in [1.82, 2.24) is 0 Å². The van der Waals surface area contributed by atoms with Gasteiger partial charge in [0.25, 0.3) is 0 Å². The van der Waals surface area contributed by atoms with Gasteiger partial charge in [-0.15, -0.1) is 5.56 Å². The average Bonchev–Trinajstić information content (AvgIpc) is 2.87. The van der Waals surface area contributed by atoms with E-state index in [1.807, 2.05) is 0 Å². The van der Waals surface area contributed by atoms with Gasteiger partial charge in [-0.2, -0.15) is 22.3 Å². The molecule has 19 heavy (non-hydrogen) atoms. The Morgan fingerprint density at radius 2 is 1.47 bits per heavy atom. The van der Waals surface area contributed by atoms with E-state index in [-0.39, 0.29) is 21.7 Å². The van der Waals surface area contributed by atoms with E-state index in [9.17, 15) is 0 Å². The molecular weight excluding hydrogens is 264 g/mol. The van der Waals surface area contributed by atoms with E-state index in [1.54, 1.807) is 0 Å². The molecule has 0 amide bonds. The van der Waals surface area contributed by atoms with Crippen molar-refractivity contribution in [2.24, 2.45) is 0 Å². The van der Waals surface area contributed by atoms with Gasteiger partial charge in [-0.3, -0.25) is 0 Å². The second-order valence-electron chi connectivity index (χ2n) is 5.38. The third kappa shape index (κ3) is 2.08. The number of hydrogen-bond donors (Lipinski definition) is 0. The molecule has 1 aliphatic rings. The average molecular weight is 283 g/mol. The molecule has 1 atom stereocenters. The van der Waals surface area contributed by atoms with Crippen molar-refractivity contribution >= 4 is 6.08 Å². The standard InChI is InChI=1S/C18H19.Ti/c1-11-12(2)14(4)18(13(11)3)17-10-9-15-7-5-6-8-16(15)17;/h5-10,17H,1-4H3;/q-1;. The summed E-state index contributed by atoms with van der Waals surface area (Å²) in [5, 5.41) is 0. The van der Waals surface area contributed by atoms with Gasteiger partial charge in [-0.1, -0.05) is 64.1 Å². The Labute approximate surface area is 130 Å². The Hall–Kier alpha value is -0.976.